The number of nitrogens with zero attached hydrogens (tertiary/aromatic N) is 2. The number of fused-ring (bicyclic) bond motifs is 1. The van der Waals surface area contributed by atoms with Gasteiger partial charge in [-0.2, -0.15) is 13.5 Å². The van der Waals surface area contributed by atoms with Crippen LogP contribution in [0.5, 0.6) is 0 Å². The molecule has 0 bridgehead atoms. The van der Waals surface area contributed by atoms with Crippen LogP contribution in [0.4, 0.5) is 3.89 Å². The summed E-state index contributed by atoms with van der Waals surface area (Å²) < 4.78 is 36.7. The lowest BCUT2D eigenvalue weighted by atomic mass is 10.3. The Morgan fingerprint density at radius 1 is 1.47 bits per heavy atom. The number of benzene rings is 1. The maximum Gasteiger partial charge on any atom is 0.332 e. The smallest absolute Gasteiger partial charge is 0.320 e. The number of nitrogens with two attached hydrogens (primary N) is 1. The van der Waals surface area contributed by atoms with Crippen LogP contribution >= 0.6 is 23.7 Å². The molecule has 0 unspecified atom stereocenters. The van der Waals surface area contributed by atoms with Crippen LogP contribution in [-0.4, -0.2) is 13.0 Å². The second-order valence-corrected chi connectivity index (χ2v) is 5.50. The molecule has 2 rings (SSSR count). The average molecular weight is 298 g/mol. The van der Waals surface area contributed by atoms with E-state index in [1.807, 2.05) is 0 Å². The van der Waals surface area contributed by atoms with E-state index in [0.29, 0.717) is 10.3 Å². The average Bonchev–Trinajstić information content (AvgIpc) is 2.54. The fourth-order valence-electron chi connectivity index (χ4n) is 1.38. The first-order valence-electron chi connectivity index (χ1n) is 4.21. The van der Waals surface area contributed by atoms with Crippen LogP contribution in [0, 0.1) is 0 Å². The summed E-state index contributed by atoms with van der Waals surface area (Å²) in [6.45, 7) is 0. The van der Waals surface area contributed by atoms with Crippen molar-refractivity contribution >= 4 is 44.2 Å². The maximum absolute atomic E-state index is 12.8. The molecule has 0 amide bonds. The molecule has 94 valence electrons. The van der Waals surface area contributed by atoms with E-state index in [1.165, 1.54) is 29.5 Å². The van der Waals surface area contributed by atoms with Crippen molar-refractivity contribution in [2.24, 2.45) is 18.0 Å². The molecular formula is C8H9ClFN3O2S2. The van der Waals surface area contributed by atoms with E-state index in [9.17, 15) is 12.3 Å². The van der Waals surface area contributed by atoms with Crippen LogP contribution in [0.15, 0.2) is 28.2 Å². The van der Waals surface area contributed by atoms with Gasteiger partial charge < -0.3 is 10.4 Å². The molecule has 1 aromatic heterocycles. The van der Waals surface area contributed by atoms with Gasteiger partial charge in [0.15, 0.2) is 0 Å². The molecule has 0 saturated carbocycles. The first-order chi connectivity index (χ1) is 7.43. The van der Waals surface area contributed by atoms with Crippen molar-refractivity contribution in [1.82, 2.24) is 4.57 Å². The predicted octanol–water partition coefficient (Wildman–Crippen LogP) is 1.09. The van der Waals surface area contributed by atoms with Gasteiger partial charge in [-0.05, 0) is 18.2 Å². The summed E-state index contributed by atoms with van der Waals surface area (Å²) in [7, 11) is -3.00. The molecular weight excluding hydrogens is 289 g/mol. The second kappa shape index (κ2) is 4.63. The zero-order valence-corrected chi connectivity index (χ0v) is 11.1. The number of aromatic nitrogens is 1. The normalized spacial score (nSPS) is 12.7. The highest BCUT2D eigenvalue weighted by molar-refractivity contribution is 7.86. The molecule has 9 heteroatoms. The summed E-state index contributed by atoms with van der Waals surface area (Å²) in [6.07, 6.45) is 0. The molecule has 0 atom stereocenters. The standard InChI is InChI=1S/C8H8FN3O2S2.ClH/c1-12-6-4-5(16(9,13)14)2-3-7(6)15-8(12)11-10;/h2-4H,10H2,1H3;1H/b11-8-;. The predicted molar refractivity (Wildman–Crippen MR) is 66.1 cm³/mol. The van der Waals surface area contributed by atoms with Gasteiger partial charge in [-0.1, -0.05) is 11.3 Å². The van der Waals surface area contributed by atoms with Crippen LogP contribution in [0.1, 0.15) is 0 Å². The molecule has 17 heavy (non-hydrogen) atoms. The van der Waals surface area contributed by atoms with E-state index >= 15 is 0 Å². The lowest BCUT2D eigenvalue weighted by Crippen LogP contribution is -2.12. The Labute approximate surface area is 107 Å². The van der Waals surface area contributed by atoms with E-state index in [4.69, 9.17) is 5.84 Å². The number of rotatable bonds is 1. The van der Waals surface area contributed by atoms with Gasteiger partial charge in [-0.25, -0.2) is 0 Å². The van der Waals surface area contributed by atoms with Crippen LogP contribution < -0.4 is 10.6 Å². The van der Waals surface area contributed by atoms with E-state index < -0.39 is 10.2 Å². The van der Waals surface area contributed by atoms with Crippen LogP contribution in [0.2, 0.25) is 0 Å². The second-order valence-electron chi connectivity index (χ2n) is 3.14. The molecule has 1 heterocycles. The van der Waals surface area contributed by atoms with Crippen molar-refractivity contribution in [3.63, 3.8) is 0 Å². The van der Waals surface area contributed by atoms with Crippen molar-refractivity contribution in [3.05, 3.63) is 23.0 Å². The van der Waals surface area contributed by atoms with Crippen molar-refractivity contribution in [2.75, 3.05) is 0 Å². The third-order valence-corrected chi connectivity index (χ3v) is 4.12. The molecule has 0 aliphatic carbocycles. The Morgan fingerprint density at radius 3 is 2.65 bits per heavy atom. The number of thiazole rings is 1. The molecule has 1 aromatic carbocycles. The first-order valence-corrected chi connectivity index (χ1v) is 6.41. The van der Waals surface area contributed by atoms with Gasteiger partial charge in [0.25, 0.3) is 0 Å². The molecule has 5 nitrogen and oxygen atoms in total. The SMILES string of the molecule is Cl.Cn1/c(=N/N)sc2ccc(S(=O)(=O)F)cc21. The van der Waals surface area contributed by atoms with E-state index in [-0.39, 0.29) is 17.3 Å². The van der Waals surface area contributed by atoms with Crippen molar-refractivity contribution < 1.29 is 12.3 Å². The van der Waals surface area contributed by atoms with Gasteiger partial charge in [0.05, 0.1) is 10.2 Å². The first kappa shape index (κ1) is 13.9. The molecule has 0 aliphatic heterocycles. The van der Waals surface area contributed by atoms with E-state index in [1.54, 1.807) is 11.6 Å². The number of hydrogen-bond acceptors (Lipinski definition) is 5. The maximum atomic E-state index is 12.8. The highest BCUT2D eigenvalue weighted by atomic mass is 35.5. The molecule has 0 saturated heterocycles. The highest BCUT2D eigenvalue weighted by Gasteiger charge is 2.13. The minimum atomic E-state index is -4.68. The van der Waals surface area contributed by atoms with Crippen molar-refractivity contribution in [3.8, 4) is 0 Å². The van der Waals surface area contributed by atoms with Crippen LogP contribution in [0.25, 0.3) is 10.2 Å². The van der Waals surface area contributed by atoms with Gasteiger partial charge in [0, 0.05) is 7.05 Å². The summed E-state index contributed by atoms with van der Waals surface area (Å²) in [4.78, 5) is 0.167. The summed E-state index contributed by atoms with van der Waals surface area (Å²) in [6, 6.07) is 4.01. The fourth-order valence-corrected chi connectivity index (χ4v) is 2.78. The Kier molecular flexibility index (Phi) is 3.80. The van der Waals surface area contributed by atoms with E-state index in [2.05, 4.69) is 5.10 Å². The number of hydrogen-bond donors (Lipinski definition) is 1. The van der Waals surface area contributed by atoms with Gasteiger partial charge in [0.2, 0.25) is 4.80 Å². The Balaban J connectivity index is 0.00000144. The van der Waals surface area contributed by atoms with Crippen molar-refractivity contribution in [2.45, 2.75) is 4.90 Å². The molecule has 2 N–H and O–H groups in total. The lowest BCUT2D eigenvalue weighted by Gasteiger charge is -1.97. The summed E-state index contributed by atoms with van der Waals surface area (Å²) in [5.74, 6) is 5.16. The largest absolute Gasteiger partial charge is 0.332 e. The van der Waals surface area contributed by atoms with Crippen LogP contribution in [0.3, 0.4) is 0 Å². The fraction of sp³-hybridized carbons (Fsp3) is 0.125. The highest BCUT2D eigenvalue weighted by Crippen LogP contribution is 2.21. The molecule has 0 radical (unpaired) electrons. The monoisotopic (exact) mass is 297 g/mol. The third kappa shape index (κ3) is 2.43. The minimum absolute atomic E-state index is 0. The van der Waals surface area contributed by atoms with Gasteiger partial charge in [-0.3, -0.25) is 0 Å². The Morgan fingerprint density at radius 2 is 2.12 bits per heavy atom. The molecule has 0 fully saturated rings. The topological polar surface area (TPSA) is 77.5 Å². The summed E-state index contributed by atoms with van der Waals surface area (Å²) in [5, 5.41) is 3.54. The molecule has 2 aromatic rings. The number of halogens is 2. The molecule has 0 aliphatic rings. The summed E-state index contributed by atoms with van der Waals surface area (Å²) in [5.41, 5.74) is 0.577. The molecule has 0 spiro atoms. The van der Waals surface area contributed by atoms with Crippen molar-refractivity contribution in [1.29, 1.82) is 0 Å². The zero-order chi connectivity index (χ0) is 11.9. The lowest BCUT2D eigenvalue weighted by molar-refractivity contribution is 0.552. The quantitative estimate of drug-likeness (QED) is 0.486. The number of aryl methyl sites for hydroxylation is 1. The van der Waals surface area contributed by atoms with Gasteiger partial charge in [-0.15, -0.1) is 16.3 Å². The Hall–Kier alpha value is -1.12. The summed E-state index contributed by atoms with van der Waals surface area (Å²) >= 11 is 1.30. The van der Waals surface area contributed by atoms with Gasteiger partial charge >= 0.3 is 10.2 Å². The Bertz CT molecular complexity index is 720. The third-order valence-electron chi connectivity index (χ3n) is 2.17. The van der Waals surface area contributed by atoms with E-state index in [0.717, 1.165) is 4.70 Å². The minimum Gasteiger partial charge on any atom is -0.320 e. The zero-order valence-electron chi connectivity index (χ0n) is 8.62. The van der Waals surface area contributed by atoms with Gasteiger partial charge in [0.1, 0.15) is 4.90 Å². The van der Waals surface area contributed by atoms with Crippen LogP contribution in [-0.2, 0) is 17.3 Å².